The van der Waals surface area contributed by atoms with E-state index >= 15 is 0 Å². The van der Waals surface area contributed by atoms with Crippen LogP contribution in [0.1, 0.15) is 15.9 Å². The van der Waals surface area contributed by atoms with Crippen LogP contribution in [0.2, 0.25) is 0 Å². The molecule has 1 aromatic heterocycles. The molecule has 19 heavy (non-hydrogen) atoms. The zero-order valence-electron chi connectivity index (χ0n) is 9.03. The quantitative estimate of drug-likeness (QED) is 0.865. The number of nitrogens with one attached hydrogen (secondary N) is 1. The van der Waals surface area contributed by atoms with E-state index in [0.717, 1.165) is 17.4 Å². The fourth-order valence-corrected chi connectivity index (χ4v) is 1.72. The van der Waals surface area contributed by atoms with Gasteiger partial charge in [0.1, 0.15) is 11.3 Å². The normalized spacial score (nSPS) is 11.4. The Kier molecular flexibility index (Phi) is 3.47. The van der Waals surface area contributed by atoms with Gasteiger partial charge in [0.2, 0.25) is 5.13 Å². The van der Waals surface area contributed by atoms with Gasteiger partial charge in [-0.25, -0.2) is 4.39 Å². The minimum Gasteiger partial charge on any atom is -0.296 e. The van der Waals surface area contributed by atoms with Crippen molar-refractivity contribution in [3.05, 3.63) is 40.7 Å². The zero-order chi connectivity index (χ0) is 14.0. The minimum atomic E-state index is -4.86. The van der Waals surface area contributed by atoms with Gasteiger partial charge in [0.15, 0.2) is 0 Å². The number of rotatable bonds is 2. The molecule has 0 fully saturated rings. The fourth-order valence-electron chi connectivity index (χ4n) is 1.28. The molecule has 0 bridgehead atoms. The van der Waals surface area contributed by atoms with Crippen molar-refractivity contribution in [3.63, 3.8) is 0 Å². The number of aromatic nitrogens is 2. The minimum absolute atomic E-state index is 0.142. The van der Waals surface area contributed by atoms with Gasteiger partial charge in [0, 0.05) is 5.56 Å². The van der Waals surface area contributed by atoms with E-state index in [1.807, 2.05) is 0 Å². The molecule has 0 aliphatic heterocycles. The lowest BCUT2D eigenvalue weighted by Gasteiger charge is -2.09. The summed E-state index contributed by atoms with van der Waals surface area (Å²) in [6, 6.07) is 2.00. The highest BCUT2D eigenvalue weighted by Crippen LogP contribution is 2.32. The third kappa shape index (κ3) is 3.05. The number of amides is 1. The van der Waals surface area contributed by atoms with Gasteiger partial charge in [-0.2, -0.15) is 13.2 Å². The van der Waals surface area contributed by atoms with Gasteiger partial charge in [0.25, 0.3) is 5.91 Å². The average molecular weight is 291 g/mol. The van der Waals surface area contributed by atoms with Crippen molar-refractivity contribution in [1.29, 1.82) is 0 Å². The van der Waals surface area contributed by atoms with Crippen LogP contribution in [0.15, 0.2) is 23.7 Å². The number of carbonyl (C=O) groups excluding carboxylic acids is 1. The van der Waals surface area contributed by atoms with E-state index in [1.54, 1.807) is 0 Å². The molecular weight excluding hydrogens is 286 g/mol. The van der Waals surface area contributed by atoms with Gasteiger partial charge in [0.05, 0.1) is 5.56 Å². The topological polar surface area (TPSA) is 54.9 Å². The molecule has 9 heteroatoms. The van der Waals surface area contributed by atoms with Gasteiger partial charge < -0.3 is 0 Å². The molecule has 100 valence electrons. The molecule has 1 heterocycles. The van der Waals surface area contributed by atoms with Crippen molar-refractivity contribution in [1.82, 2.24) is 10.2 Å². The molecule has 2 rings (SSSR count). The van der Waals surface area contributed by atoms with Crippen molar-refractivity contribution >= 4 is 22.4 Å². The summed E-state index contributed by atoms with van der Waals surface area (Å²) in [5, 5.41) is 9.36. The van der Waals surface area contributed by atoms with Crippen LogP contribution in [0, 0.1) is 5.82 Å². The molecule has 0 spiro atoms. The van der Waals surface area contributed by atoms with Crippen molar-refractivity contribution in [3.8, 4) is 0 Å². The van der Waals surface area contributed by atoms with E-state index in [0.29, 0.717) is 12.1 Å². The molecule has 0 atom stereocenters. The first-order valence-corrected chi connectivity index (χ1v) is 5.70. The molecule has 0 aliphatic rings. The lowest BCUT2D eigenvalue weighted by Crippen LogP contribution is -2.15. The second-order valence-electron chi connectivity index (χ2n) is 3.39. The van der Waals surface area contributed by atoms with E-state index in [-0.39, 0.29) is 10.7 Å². The SMILES string of the molecule is O=C(Nc1nncs1)c1ccc(F)c(C(F)(F)F)c1. The first-order chi connectivity index (χ1) is 8.88. The van der Waals surface area contributed by atoms with E-state index < -0.39 is 23.5 Å². The monoisotopic (exact) mass is 291 g/mol. The largest absolute Gasteiger partial charge is 0.419 e. The number of halogens is 4. The number of carbonyl (C=O) groups is 1. The molecule has 1 amide bonds. The summed E-state index contributed by atoms with van der Waals surface area (Å²) in [5.41, 5.74) is -0.456. The fraction of sp³-hybridized carbons (Fsp3) is 0.100. The summed E-state index contributed by atoms with van der Waals surface area (Å²) in [5.74, 6) is -2.25. The Bertz CT molecular complexity index is 597. The Labute approximate surface area is 108 Å². The van der Waals surface area contributed by atoms with Gasteiger partial charge >= 0.3 is 6.18 Å². The van der Waals surface area contributed by atoms with Crippen LogP contribution in [0.25, 0.3) is 0 Å². The lowest BCUT2D eigenvalue weighted by atomic mass is 10.1. The predicted octanol–water partition coefficient (Wildman–Crippen LogP) is 2.95. The molecule has 0 aliphatic carbocycles. The van der Waals surface area contributed by atoms with Crippen molar-refractivity contribution in [2.45, 2.75) is 6.18 Å². The highest BCUT2D eigenvalue weighted by atomic mass is 32.1. The van der Waals surface area contributed by atoms with E-state index in [2.05, 4.69) is 15.5 Å². The third-order valence-corrected chi connectivity index (χ3v) is 2.72. The summed E-state index contributed by atoms with van der Waals surface area (Å²) >= 11 is 1.01. The Hall–Kier alpha value is -2.03. The lowest BCUT2D eigenvalue weighted by molar-refractivity contribution is -0.140. The van der Waals surface area contributed by atoms with Gasteiger partial charge in [-0.3, -0.25) is 10.1 Å². The molecule has 1 aromatic carbocycles. The summed E-state index contributed by atoms with van der Waals surface area (Å²) in [7, 11) is 0. The van der Waals surface area contributed by atoms with E-state index in [9.17, 15) is 22.4 Å². The van der Waals surface area contributed by atoms with Gasteiger partial charge in [-0.1, -0.05) is 11.3 Å². The maximum Gasteiger partial charge on any atom is 0.419 e. The zero-order valence-corrected chi connectivity index (χ0v) is 9.85. The van der Waals surface area contributed by atoms with Crippen LogP contribution in [0.5, 0.6) is 0 Å². The molecule has 2 aromatic rings. The molecule has 4 nitrogen and oxygen atoms in total. The molecule has 1 N–H and O–H groups in total. The molecule has 0 unspecified atom stereocenters. The number of benzene rings is 1. The average Bonchev–Trinajstić information content (AvgIpc) is 2.80. The van der Waals surface area contributed by atoms with Crippen LogP contribution >= 0.6 is 11.3 Å². The van der Waals surface area contributed by atoms with E-state index in [4.69, 9.17) is 0 Å². The smallest absolute Gasteiger partial charge is 0.296 e. The van der Waals surface area contributed by atoms with Crippen LogP contribution in [0.3, 0.4) is 0 Å². The first-order valence-electron chi connectivity index (χ1n) is 4.82. The standard InChI is InChI=1S/C10H5F4N3OS/c11-7-2-1-5(3-6(7)10(12,13)14)8(18)16-9-17-15-4-19-9/h1-4H,(H,16,17,18). The van der Waals surface area contributed by atoms with Crippen molar-refractivity contribution in [2.75, 3.05) is 5.32 Å². The summed E-state index contributed by atoms with van der Waals surface area (Å²) < 4.78 is 50.5. The number of hydrogen-bond acceptors (Lipinski definition) is 4. The number of hydrogen-bond donors (Lipinski definition) is 1. The highest BCUT2D eigenvalue weighted by molar-refractivity contribution is 7.13. The van der Waals surface area contributed by atoms with Crippen molar-refractivity contribution < 1.29 is 22.4 Å². The summed E-state index contributed by atoms with van der Waals surface area (Å²) in [6.45, 7) is 0. The summed E-state index contributed by atoms with van der Waals surface area (Å²) in [4.78, 5) is 11.6. The maximum atomic E-state index is 13.0. The predicted molar refractivity (Wildman–Crippen MR) is 59.3 cm³/mol. The Balaban J connectivity index is 2.28. The maximum absolute atomic E-state index is 13.0. The van der Waals surface area contributed by atoms with Gasteiger partial charge in [-0.05, 0) is 18.2 Å². The first kappa shape index (κ1) is 13.4. The molecular formula is C10H5F4N3OS. The Morgan fingerprint density at radius 1 is 1.32 bits per heavy atom. The van der Waals surface area contributed by atoms with E-state index in [1.165, 1.54) is 5.51 Å². The van der Waals surface area contributed by atoms with Gasteiger partial charge in [-0.15, -0.1) is 10.2 Å². The number of anilines is 1. The second kappa shape index (κ2) is 4.92. The second-order valence-corrected chi connectivity index (χ2v) is 4.22. The van der Waals surface area contributed by atoms with Crippen LogP contribution < -0.4 is 5.32 Å². The number of nitrogens with zero attached hydrogens (tertiary/aromatic N) is 2. The Morgan fingerprint density at radius 3 is 2.63 bits per heavy atom. The van der Waals surface area contributed by atoms with Crippen molar-refractivity contribution in [2.24, 2.45) is 0 Å². The Morgan fingerprint density at radius 2 is 2.05 bits per heavy atom. The van der Waals surface area contributed by atoms with Crippen LogP contribution in [-0.4, -0.2) is 16.1 Å². The molecule has 0 radical (unpaired) electrons. The third-order valence-electron chi connectivity index (χ3n) is 2.11. The van der Waals surface area contributed by atoms with Crippen LogP contribution in [-0.2, 0) is 6.18 Å². The van der Waals surface area contributed by atoms with Crippen LogP contribution in [0.4, 0.5) is 22.7 Å². The highest BCUT2D eigenvalue weighted by Gasteiger charge is 2.34. The molecule has 0 saturated carbocycles. The summed E-state index contributed by atoms with van der Waals surface area (Å²) in [6.07, 6.45) is -4.86. The molecule has 0 saturated heterocycles. The number of alkyl halides is 3.